The van der Waals surface area contributed by atoms with E-state index < -0.39 is 0 Å². The van der Waals surface area contributed by atoms with Crippen LogP contribution in [0.25, 0.3) is 142 Å². The Morgan fingerprint density at radius 2 is 0.956 bits per heavy atom. The summed E-state index contributed by atoms with van der Waals surface area (Å²) in [6.45, 7) is 0. The number of fused-ring (bicyclic) bond motifs is 13. The number of furan rings is 1. The molecular formula is C61H35N5OS. The van der Waals surface area contributed by atoms with Gasteiger partial charge in [-0.25, -0.2) is 15.0 Å². The van der Waals surface area contributed by atoms with Gasteiger partial charge in [0, 0.05) is 74.9 Å². The number of para-hydroxylation sites is 4. The molecular weight excluding hydrogens is 851 g/mol. The van der Waals surface area contributed by atoms with Crippen LogP contribution in [0.1, 0.15) is 0 Å². The maximum absolute atomic E-state index is 7.00. The van der Waals surface area contributed by atoms with Crippen molar-refractivity contribution in [1.82, 2.24) is 24.1 Å². The first-order valence-corrected chi connectivity index (χ1v) is 23.7. The van der Waals surface area contributed by atoms with E-state index in [0.717, 1.165) is 77.5 Å². The topological polar surface area (TPSA) is 61.7 Å². The summed E-state index contributed by atoms with van der Waals surface area (Å²) in [5.74, 6) is 1.76. The van der Waals surface area contributed by atoms with Crippen molar-refractivity contribution in [3.63, 3.8) is 0 Å². The van der Waals surface area contributed by atoms with Crippen molar-refractivity contribution in [2.24, 2.45) is 0 Å². The van der Waals surface area contributed by atoms with Crippen molar-refractivity contribution in [3.8, 4) is 45.5 Å². The fourth-order valence-corrected chi connectivity index (χ4v) is 11.8. The third-order valence-corrected chi connectivity index (χ3v) is 14.9. The summed E-state index contributed by atoms with van der Waals surface area (Å²) in [4.78, 5) is 16.2. The van der Waals surface area contributed by atoms with Gasteiger partial charge < -0.3 is 13.6 Å². The second-order valence-corrected chi connectivity index (χ2v) is 18.6. The molecule has 0 fully saturated rings. The first-order valence-electron chi connectivity index (χ1n) is 22.8. The number of hydrogen-bond acceptors (Lipinski definition) is 5. The molecule has 0 unspecified atom stereocenters. The standard InChI is InChI=1S/C61H35N5OS/c1-2-16-40(17-3-1)65-49-22-10-6-18-41(49)43-28-26-39(35-52(43)65)60-62-59(38-27-31-56-48(33-38)44-20-9-13-25-55(44)68-56)63-61(64-60)46-29-30-51(58-57(46)45-21-8-12-24-54(45)67-58)66-50-23-11-7-19-42(50)47-32-36-14-4-5-15-37(36)34-53(47)66/h1-35H. The summed E-state index contributed by atoms with van der Waals surface area (Å²) >= 11 is 1.81. The zero-order valence-electron chi connectivity index (χ0n) is 36.3. The molecule has 0 amide bonds. The van der Waals surface area contributed by atoms with Gasteiger partial charge in [-0.05, 0) is 95.7 Å². The Morgan fingerprint density at radius 1 is 0.368 bits per heavy atom. The van der Waals surface area contributed by atoms with Crippen LogP contribution in [0.15, 0.2) is 217 Å². The number of thiophene rings is 1. The van der Waals surface area contributed by atoms with E-state index >= 15 is 0 Å². The number of rotatable bonds is 5. The lowest BCUT2D eigenvalue weighted by molar-refractivity contribution is 0.666. The van der Waals surface area contributed by atoms with Crippen molar-refractivity contribution in [3.05, 3.63) is 212 Å². The molecule has 0 saturated carbocycles. The van der Waals surface area contributed by atoms with E-state index in [1.54, 1.807) is 11.3 Å². The molecule has 5 aromatic heterocycles. The maximum Gasteiger partial charge on any atom is 0.164 e. The summed E-state index contributed by atoms with van der Waals surface area (Å²) in [5, 5.41) is 11.5. The van der Waals surface area contributed by atoms with Gasteiger partial charge in [-0.1, -0.05) is 127 Å². The number of nitrogens with zero attached hydrogens (tertiary/aromatic N) is 5. The van der Waals surface area contributed by atoms with Crippen molar-refractivity contribution >= 4 is 108 Å². The van der Waals surface area contributed by atoms with Crippen LogP contribution in [0.4, 0.5) is 0 Å². The molecule has 5 heterocycles. The Hall–Kier alpha value is -8.91. The molecule has 15 aromatic rings. The summed E-state index contributed by atoms with van der Waals surface area (Å²) in [7, 11) is 0. The van der Waals surface area contributed by atoms with Crippen molar-refractivity contribution in [2.45, 2.75) is 0 Å². The van der Waals surface area contributed by atoms with Gasteiger partial charge in [-0.2, -0.15) is 0 Å². The third-order valence-electron chi connectivity index (χ3n) is 13.7. The molecule has 0 spiro atoms. The average molecular weight is 886 g/mol. The van der Waals surface area contributed by atoms with E-state index in [4.69, 9.17) is 19.4 Å². The summed E-state index contributed by atoms with van der Waals surface area (Å²) < 4.78 is 14.2. The Kier molecular flexibility index (Phi) is 7.85. The molecule has 0 aliphatic heterocycles. The highest BCUT2D eigenvalue weighted by atomic mass is 32.1. The summed E-state index contributed by atoms with van der Waals surface area (Å²) in [6.07, 6.45) is 0. The predicted octanol–water partition coefficient (Wildman–Crippen LogP) is 16.5. The minimum atomic E-state index is 0.570. The molecule has 0 aliphatic carbocycles. The molecule has 0 N–H and O–H groups in total. The Bertz CT molecular complexity index is 4580. The van der Waals surface area contributed by atoms with Crippen LogP contribution in [0.3, 0.4) is 0 Å². The molecule has 0 aliphatic rings. The van der Waals surface area contributed by atoms with Gasteiger partial charge >= 0.3 is 0 Å². The second-order valence-electron chi connectivity index (χ2n) is 17.5. The van der Waals surface area contributed by atoms with E-state index in [9.17, 15) is 0 Å². The van der Waals surface area contributed by atoms with Crippen molar-refractivity contribution in [1.29, 1.82) is 0 Å². The van der Waals surface area contributed by atoms with Crippen LogP contribution in [0.2, 0.25) is 0 Å². The molecule has 316 valence electrons. The van der Waals surface area contributed by atoms with Crippen LogP contribution in [-0.2, 0) is 0 Å². The highest BCUT2D eigenvalue weighted by molar-refractivity contribution is 7.25. The van der Waals surface area contributed by atoms with E-state index in [1.165, 1.54) is 47.1 Å². The van der Waals surface area contributed by atoms with E-state index in [2.05, 4.69) is 209 Å². The lowest BCUT2D eigenvalue weighted by Gasteiger charge is -2.13. The first kappa shape index (κ1) is 37.3. The quantitative estimate of drug-likeness (QED) is 0.173. The molecule has 0 atom stereocenters. The van der Waals surface area contributed by atoms with E-state index in [0.29, 0.717) is 17.5 Å². The summed E-state index contributed by atoms with van der Waals surface area (Å²) in [5.41, 5.74) is 10.7. The van der Waals surface area contributed by atoms with Gasteiger partial charge in [0.15, 0.2) is 23.1 Å². The van der Waals surface area contributed by atoms with Crippen LogP contribution in [0.5, 0.6) is 0 Å². The van der Waals surface area contributed by atoms with Crippen LogP contribution in [0, 0.1) is 0 Å². The Labute approximate surface area is 392 Å². The monoisotopic (exact) mass is 885 g/mol. The third kappa shape index (κ3) is 5.48. The predicted molar refractivity (Wildman–Crippen MR) is 282 cm³/mol. The SMILES string of the molecule is c1ccc(-n2c3ccccc3c3ccc(-c4nc(-c5ccc6sc7ccccc7c6c5)nc(-c5ccc(-n6c7ccccc7c7cc8ccccc8cc76)c6oc7ccccc7c56)n4)cc32)cc1. The fraction of sp³-hybridized carbons (Fsp3) is 0. The zero-order chi connectivity index (χ0) is 44.5. The molecule has 0 radical (unpaired) electrons. The minimum absolute atomic E-state index is 0.570. The molecule has 6 nitrogen and oxygen atoms in total. The van der Waals surface area contributed by atoms with Gasteiger partial charge in [-0.3, -0.25) is 0 Å². The second kappa shape index (κ2) is 14.3. The van der Waals surface area contributed by atoms with Gasteiger partial charge in [-0.15, -0.1) is 11.3 Å². The highest BCUT2D eigenvalue weighted by Gasteiger charge is 2.24. The zero-order valence-corrected chi connectivity index (χ0v) is 37.1. The highest BCUT2D eigenvalue weighted by Crippen LogP contribution is 2.44. The first-order chi connectivity index (χ1) is 33.7. The molecule has 0 saturated heterocycles. The average Bonchev–Trinajstić information content (AvgIpc) is 4.15. The molecule has 7 heteroatoms. The van der Waals surface area contributed by atoms with E-state index in [1.807, 2.05) is 12.1 Å². The lowest BCUT2D eigenvalue weighted by Crippen LogP contribution is -2.02. The fourth-order valence-electron chi connectivity index (χ4n) is 10.7. The van der Waals surface area contributed by atoms with Gasteiger partial charge in [0.1, 0.15) is 5.58 Å². The lowest BCUT2D eigenvalue weighted by atomic mass is 10.0. The smallest absolute Gasteiger partial charge is 0.164 e. The Morgan fingerprint density at radius 3 is 1.78 bits per heavy atom. The number of hydrogen-bond donors (Lipinski definition) is 0. The molecule has 0 bridgehead atoms. The molecule has 10 aromatic carbocycles. The summed E-state index contributed by atoms with van der Waals surface area (Å²) in [6, 6.07) is 75.5. The Balaban J connectivity index is 1.01. The van der Waals surface area contributed by atoms with E-state index in [-0.39, 0.29) is 0 Å². The van der Waals surface area contributed by atoms with Gasteiger partial charge in [0.2, 0.25) is 0 Å². The van der Waals surface area contributed by atoms with Gasteiger partial charge in [0.25, 0.3) is 0 Å². The number of benzene rings is 10. The van der Waals surface area contributed by atoms with Crippen LogP contribution >= 0.6 is 11.3 Å². The maximum atomic E-state index is 7.00. The van der Waals surface area contributed by atoms with Gasteiger partial charge in [0.05, 0.1) is 27.8 Å². The van der Waals surface area contributed by atoms with Crippen molar-refractivity contribution < 1.29 is 4.42 Å². The van der Waals surface area contributed by atoms with Crippen molar-refractivity contribution in [2.75, 3.05) is 0 Å². The minimum Gasteiger partial charge on any atom is -0.454 e. The normalized spacial score (nSPS) is 12.1. The number of aromatic nitrogens is 5. The molecule has 68 heavy (non-hydrogen) atoms. The largest absolute Gasteiger partial charge is 0.454 e. The van der Waals surface area contributed by atoms with Crippen LogP contribution < -0.4 is 0 Å². The molecule has 15 rings (SSSR count). The van der Waals surface area contributed by atoms with Crippen LogP contribution in [-0.4, -0.2) is 24.1 Å².